The summed E-state index contributed by atoms with van der Waals surface area (Å²) in [5.41, 5.74) is 0. The zero-order valence-electron chi connectivity index (χ0n) is 12.2. The topological polar surface area (TPSA) is 38.7 Å². The normalized spacial score (nSPS) is 20.6. The third-order valence-corrected chi connectivity index (χ3v) is 3.24. The van der Waals surface area contributed by atoms with Gasteiger partial charge in [-0.1, -0.05) is 13.3 Å². The molecule has 110 valence electrons. The molecular formula is C16H28O3. The van der Waals surface area contributed by atoms with Crippen LogP contribution in [0.5, 0.6) is 0 Å². The number of aliphatic hydroxyl groups excluding tert-OH is 1. The monoisotopic (exact) mass is 268 g/mol. The molecule has 1 rings (SSSR count). The van der Waals surface area contributed by atoms with Gasteiger partial charge in [0.2, 0.25) is 0 Å². The van der Waals surface area contributed by atoms with Gasteiger partial charge >= 0.3 is 0 Å². The maximum atomic E-state index is 9.53. The minimum absolute atomic E-state index is 0.0194. The van der Waals surface area contributed by atoms with Gasteiger partial charge in [0, 0.05) is 19.4 Å². The lowest BCUT2D eigenvalue weighted by Gasteiger charge is -2.22. The summed E-state index contributed by atoms with van der Waals surface area (Å²) < 4.78 is 11.1. The molecular weight excluding hydrogens is 240 g/mol. The number of unbranched alkanes of at least 4 members (excludes halogenated alkanes) is 1. The van der Waals surface area contributed by atoms with E-state index >= 15 is 0 Å². The van der Waals surface area contributed by atoms with E-state index in [2.05, 4.69) is 18.8 Å². The Morgan fingerprint density at radius 1 is 1.26 bits per heavy atom. The molecule has 0 aromatic carbocycles. The molecule has 1 aliphatic rings. The van der Waals surface area contributed by atoms with Crippen LogP contribution in [0.25, 0.3) is 0 Å². The molecule has 0 amide bonds. The first kappa shape index (κ1) is 16.5. The summed E-state index contributed by atoms with van der Waals surface area (Å²) in [6.07, 6.45) is 8.60. The van der Waals surface area contributed by atoms with Gasteiger partial charge in [0.05, 0.1) is 12.7 Å². The SMILES string of the molecule is CCC[C@H](O)CCC#CCCCOC1CCCCO1. The van der Waals surface area contributed by atoms with Crippen molar-refractivity contribution < 1.29 is 14.6 Å². The van der Waals surface area contributed by atoms with Crippen LogP contribution in [-0.2, 0) is 9.47 Å². The highest BCUT2D eigenvalue weighted by atomic mass is 16.7. The Morgan fingerprint density at radius 3 is 2.84 bits per heavy atom. The summed E-state index contributed by atoms with van der Waals surface area (Å²) in [6, 6.07) is 0. The van der Waals surface area contributed by atoms with Crippen LogP contribution in [-0.4, -0.2) is 30.7 Å². The van der Waals surface area contributed by atoms with Crippen molar-refractivity contribution in [3.05, 3.63) is 0 Å². The van der Waals surface area contributed by atoms with Crippen LogP contribution < -0.4 is 0 Å². The summed E-state index contributed by atoms with van der Waals surface area (Å²) in [7, 11) is 0. The number of hydrogen-bond donors (Lipinski definition) is 1. The smallest absolute Gasteiger partial charge is 0.157 e. The second-order valence-corrected chi connectivity index (χ2v) is 5.11. The Bertz CT molecular complexity index is 261. The van der Waals surface area contributed by atoms with Crippen LogP contribution in [0.3, 0.4) is 0 Å². The van der Waals surface area contributed by atoms with Gasteiger partial charge in [-0.3, -0.25) is 0 Å². The highest BCUT2D eigenvalue weighted by Crippen LogP contribution is 2.13. The standard InChI is InChI=1S/C16H28O3/c1-2-10-15(17)11-6-4-3-5-8-13-18-16-12-7-9-14-19-16/h15-17H,2,5-14H2,1H3/t15-,16?/m0/s1. The van der Waals surface area contributed by atoms with Crippen molar-refractivity contribution in [1.82, 2.24) is 0 Å². The quantitative estimate of drug-likeness (QED) is 0.542. The molecule has 0 aliphatic carbocycles. The zero-order valence-corrected chi connectivity index (χ0v) is 12.2. The molecule has 0 radical (unpaired) electrons. The molecule has 1 fully saturated rings. The van der Waals surface area contributed by atoms with Crippen molar-refractivity contribution in [1.29, 1.82) is 0 Å². The van der Waals surface area contributed by atoms with Gasteiger partial charge in [0.1, 0.15) is 0 Å². The van der Waals surface area contributed by atoms with Gasteiger partial charge in [-0.25, -0.2) is 0 Å². The number of hydrogen-bond acceptors (Lipinski definition) is 3. The molecule has 1 unspecified atom stereocenters. The molecule has 3 nitrogen and oxygen atoms in total. The first-order chi connectivity index (χ1) is 9.33. The Balaban J connectivity index is 1.90. The number of ether oxygens (including phenoxy) is 2. The van der Waals surface area contributed by atoms with E-state index in [4.69, 9.17) is 9.47 Å². The molecule has 19 heavy (non-hydrogen) atoms. The maximum absolute atomic E-state index is 9.53. The first-order valence-corrected chi connectivity index (χ1v) is 7.70. The minimum atomic E-state index is -0.175. The van der Waals surface area contributed by atoms with Gasteiger partial charge in [-0.15, -0.1) is 11.8 Å². The summed E-state index contributed by atoms with van der Waals surface area (Å²) >= 11 is 0. The summed E-state index contributed by atoms with van der Waals surface area (Å²) in [6.45, 7) is 3.66. The molecule has 0 aromatic heterocycles. The van der Waals surface area contributed by atoms with Crippen LogP contribution in [0.4, 0.5) is 0 Å². The van der Waals surface area contributed by atoms with E-state index in [0.29, 0.717) is 0 Å². The van der Waals surface area contributed by atoms with E-state index in [1.807, 2.05) is 0 Å². The fraction of sp³-hybridized carbons (Fsp3) is 0.875. The second-order valence-electron chi connectivity index (χ2n) is 5.11. The molecule has 0 bridgehead atoms. The molecule has 1 heterocycles. The van der Waals surface area contributed by atoms with E-state index < -0.39 is 0 Å². The Morgan fingerprint density at radius 2 is 2.11 bits per heavy atom. The lowest BCUT2D eigenvalue weighted by molar-refractivity contribution is -0.162. The molecule has 1 N–H and O–H groups in total. The Labute approximate surface area is 117 Å². The number of aliphatic hydroxyl groups is 1. The van der Waals surface area contributed by atoms with Gasteiger partial charge in [-0.2, -0.15) is 0 Å². The maximum Gasteiger partial charge on any atom is 0.157 e. The predicted octanol–water partition coefficient (Wildman–Crippen LogP) is 3.25. The summed E-state index contributed by atoms with van der Waals surface area (Å²) in [5, 5.41) is 9.53. The lowest BCUT2D eigenvalue weighted by Crippen LogP contribution is -2.22. The lowest BCUT2D eigenvalue weighted by atomic mass is 10.1. The molecule has 0 spiro atoms. The van der Waals surface area contributed by atoms with Crippen LogP contribution in [0.1, 0.15) is 64.7 Å². The number of rotatable bonds is 8. The largest absolute Gasteiger partial charge is 0.393 e. The van der Waals surface area contributed by atoms with Crippen molar-refractivity contribution >= 4 is 0 Å². The highest BCUT2D eigenvalue weighted by Gasteiger charge is 2.12. The van der Waals surface area contributed by atoms with Crippen molar-refractivity contribution in [2.24, 2.45) is 0 Å². The third kappa shape index (κ3) is 9.04. The molecule has 0 aromatic rings. The van der Waals surface area contributed by atoms with Gasteiger partial charge in [0.25, 0.3) is 0 Å². The molecule has 0 saturated carbocycles. The molecule has 1 saturated heterocycles. The van der Waals surface area contributed by atoms with Gasteiger partial charge in [-0.05, 0) is 38.5 Å². The Hall–Kier alpha value is -0.560. The average molecular weight is 268 g/mol. The highest BCUT2D eigenvalue weighted by molar-refractivity contribution is 4.98. The van der Waals surface area contributed by atoms with Gasteiger partial charge in [0.15, 0.2) is 6.29 Å². The fourth-order valence-electron chi connectivity index (χ4n) is 2.11. The van der Waals surface area contributed by atoms with E-state index in [1.54, 1.807) is 0 Å². The fourth-order valence-corrected chi connectivity index (χ4v) is 2.11. The van der Waals surface area contributed by atoms with Crippen LogP contribution >= 0.6 is 0 Å². The average Bonchev–Trinajstić information content (AvgIpc) is 2.43. The zero-order chi connectivity index (χ0) is 13.8. The van der Waals surface area contributed by atoms with E-state index in [9.17, 15) is 5.11 Å². The van der Waals surface area contributed by atoms with Gasteiger partial charge < -0.3 is 14.6 Å². The van der Waals surface area contributed by atoms with Crippen molar-refractivity contribution in [2.75, 3.05) is 13.2 Å². The second kappa shape index (κ2) is 11.3. The predicted molar refractivity (Wildman–Crippen MR) is 76.7 cm³/mol. The summed E-state index contributed by atoms with van der Waals surface area (Å²) in [4.78, 5) is 0. The van der Waals surface area contributed by atoms with Crippen molar-refractivity contribution in [2.45, 2.75) is 77.1 Å². The van der Waals surface area contributed by atoms with E-state index in [1.165, 1.54) is 6.42 Å². The molecule has 3 heteroatoms. The molecule has 1 aliphatic heterocycles. The minimum Gasteiger partial charge on any atom is -0.393 e. The van der Waals surface area contributed by atoms with E-state index in [-0.39, 0.29) is 12.4 Å². The first-order valence-electron chi connectivity index (χ1n) is 7.70. The molecule has 2 atom stereocenters. The Kier molecular flexibility index (Phi) is 9.79. The van der Waals surface area contributed by atoms with Crippen LogP contribution in [0, 0.1) is 11.8 Å². The van der Waals surface area contributed by atoms with Crippen LogP contribution in [0.2, 0.25) is 0 Å². The third-order valence-electron chi connectivity index (χ3n) is 3.24. The van der Waals surface area contributed by atoms with E-state index in [0.717, 1.165) is 64.6 Å². The van der Waals surface area contributed by atoms with Crippen molar-refractivity contribution in [3.63, 3.8) is 0 Å². The van der Waals surface area contributed by atoms with Crippen molar-refractivity contribution in [3.8, 4) is 11.8 Å². The summed E-state index contributed by atoms with van der Waals surface area (Å²) in [5.74, 6) is 6.26. The van der Waals surface area contributed by atoms with Crippen LogP contribution in [0.15, 0.2) is 0 Å².